The van der Waals surface area contributed by atoms with Crippen LogP contribution in [-0.2, 0) is 9.53 Å². The number of nitrogens with one attached hydrogen (secondary N) is 1. The number of Topliss-reactive ketones (excluding diaryl/α,β-unsaturated/α-hetero) is 1. The van der Waals surface area contributed by atoms with E-state index in [4.69, 9.17) is 4.74 Å². The molecule has 3 heteroatoms. The molecule has 1 heterocycles. The molecule has 0 bridgehead atoms. The normalized spacial score (nSPS) is 33.3. The van der Waals surface area contributed by atoms with Crippen LogP contribution in [-0.4, -0.2) is 31.6 Å². The maximum Gasteiger partial charge on any atom is 0.138 e. The minimum absolute atomic E-state index is 0.301. The lowest BCUT2D eigenvalue weighted by Crippen LogP contribution is -2.33. The van der Waals surface area contributed by atoms with Gasteiger partial charge < -0.3 is 10.1 Å². The highest BCUT2D eigenvalue weighted by Crippen LogP contribution is 2.33. The Balaban J connectivity index is 1.65. The number of hydrogen-bond acceptors (Lipinski definition) is 3. The van der Waals surface area contributed by atoms with E-state index >= 15 is 0 Å². The molecular formula is C16H29NO2. The number of ketones is 1. The van der Waals surface area contributed by atoms with Gasteiger partial charge in [0.05, 0.1) is 12.7 Å². The van der Waals surface area contributed by atoms with Gasteiger partial charge in [0, 0.05) is 12.3 Å². The average Bonchev–Trinajstić information content (AvgIpc) is 2.38. The molecule has 1 saturated carbocycles. The lowest BCUT2D eigenvalue weighted by molar-refractivity contribution is -0.126. The Labute approximate surface area is 117 Å². The maximum atomic E-state index is 12.2. The molecule has 2 atom stereocenters. The van der Waals surface area contributed by atoms with Crippen molar-refractivity contribution in [2.75, 3.05) is 19.7 Å². The zero-order valence-electron chi connectivity index (χ0n) is 12.5. The van der Waals surface area contributed by atoms with E-state index in [2.05, 4.69) is 19.2 Å². The van der Waals surface area contributed by atoms with Crippen LogP contribution < -0.4 is 5.32 Å². The summed E-state index contributed by atoms with van der Waals surface area (Å²) in [5, 5.41) is 3.33. The Morgan fingerprint density at radius 1 is 1.11 bits per heavy atom. The van der Waals surface area contributed by atoms with Crippen LogP contribution in [0.3, 0.4) is 0 Å². The Morgan fingerprint density at radius 3 is 2.37 bits per heavy atom. The quantitative estimate of drug-likeness (QED) is 0.832. The van der Waals surface area contributed by atoms with Crippen molar-refractivity contribution in [3.8, 4) is 0 Å². The fourth-order valence-corrected chi connectivity index (χ4v) is 3.70. The highest BCUT2D eigenvalue weighted by molar-refractivity contribution is 5.81. The number of ether oxygens (including phenoxy) is 1. The average molecular weight is 267 g/mol. The van der Waals surface area contributed by atoms with Crippen LogP contribution in [0.2, 0.25) is 0 Å². The maximum absolute atomic E-state index is 12.2. The van der Waals surface area contributed by atoms with Crippen molar-refractivity contribution in [3.63, 3.8) is 0 Å². The van der Waals surface area contributed by atoms with Crippen LogP contribution in [0.1, 0.15) is 52.4 Å². The van der Waals surface area contributed by atoms with Gasteiger partial charge in [-0.2, -0.15) is 0 Å². The third kappa shape index (κ3) is 4.88. The van der Waals surface area contributed by atoms with Gasteiger partial charge in [-0.15, -0.1) is 0 Å². The summed E-state index contributed by atoms with van der Waals surface area (Å²) in [4.78, 5) is 12.2. The third-order valence-electron chi connectivity index (χ3n) is 4.62. The zero-order valence-corrected chi connectivity index (χ0v) is 12.5. The topological polar surface area (TPSA) is 38.3 Å². The number of hydrogen-bond donors (Lipinski definition) is 1. The monoisotopic (exact) mass is 267 g/mol. The minimum atomic E-state index is 0.301. The molecule has 1 aliphatic heterocycles. The highest BCUT2D eigenvalue weighted by atomic mass is 16.5. The number of rotatable bonds is 5. The largest absolute Gasteiger partial charge is 0.378 e. The predicted molar refractivity (Wildman–Crippen MR) is 77.1 cm³/mol. The molecule has 110 valence electrons. The second kappa shape index (κ2) is 7.39. The van der Waals surface area contributed by atoms with Crippen LogP contribution in [0, 0.1) is 17.8 Å². The van der Waals surface area contributed by atoms with Crippen molar-refractivity contribution in [1.29, 1.82) is 0 Å². The van der Waals surface area contributed by atoms with E-state index in [0.717, 1.165) is 38.8 Å². The van der Waals surface area contributed by atoms with Crippen LogP contribution in [0.5, 0.6) is 0 Å². The van der Waals surface area contributed by atoms with Gasteiger partial charge in [0.2, 0.25) is 0 Å². The summed E-state index contributed by atoms with van der Waals surface area (Å²) in [6, 6.07) is 0. The second-order valence-corrected chi connectivity index (χ2v) is 6.65. The van der Waals surface area contributed by atoms with Gasteiger partial charge in [-0.05, 0) is 57.0 Å². The summed E-state index contributed by atoms with van der Waals surface area (Å²) in [5.41, 5.74) is 0. The van der Waals surface area contributed by atoms with Crippen LogP contribution in [0.4, 0.5) is 0 Å². The van der Waals surface area contributed by atoms with E-state index in [9.17, 15) is 4.79 Å². The third-order valence-corrected chi connectivity index (χ3v) is 4.62. The van der Waals surface area contributed by atoms with Gasteiger partial charge in [-0.25, -0.2) is 0 Å². The van der Waals surface area contributed by atoms with Gasteiger partial charge in [0.15, 0.2) is 0 Å². The van der Waals surface area contributed by atoms with Gasteiger partial charge in [0.25, 0.3) is 0 Å². The fraction of sp³-hybridized carbons (Fsp3) is 0.938. The molecule has 2 unspecified atom stereocenters. The Morgan fingerprint density at radius 2 is 1.74 bits per heavy atom. The summed E-state index contributed by atoms with van der Waals surface area (Å²) in [6.07, 6.45) is 6.65. The van der Waals surface area contributed by atoms with E-state index in [0.29, 0.717) is 42.7 Å². The molecule has 0 aromatic carbocycles. The standard InChI is InChI=1S/C16H29NO2/c1-12-9-13(2)11-14(10-12)16(18)5-8-19-15-3-6-17-7-4-15/h12-15,17H,3-11H2,1-2H3. The van der Waals surface area contributed by atoms with Crippen molar-refractivity contribution in [3.05, 3.63) is 0 Å². The van der Waals surface area contributed by atoms with Crippen molar-refractivity contribution in [1.82, 2.24) is 5.32 Å². The van der Waals surface area contributed by atoms with Crippen molar-refractivity contribution >= 4 is 5.78 Å². The Kier molecular flexibility index (Phi) is 5.83. The van der Waals surface area contributed by atoms with E-state index in [-0.39, 0.29) is 0 Å². The molecule has 0 aromatic rings. The zero-order chi connectivity index (χ0) is 13.7. The number of piperidine rings is 1. The molecule has 1 saturated heterocycles. The molecule has 19 heavy (non-hydrogen) atoms. The first-order valence-electron chi connectivity index (χ1n) is 8.00. The van der Waals surface area contributed by atoms with Crippen molar-refractivity contribution in [2.24, 2.45) is 17.8 Å². The molecule has 3 nitrogen and oxygen atoms in total. The molecule has 1 N–H and O–H groups in total. The smallest absolute Gasteiger partial charge is 0.138 e. The van der Waals surface area contributed by atoms with Gasteiger partial charge in [-0.1, -0.05) is 13.8 Å². The molecule has 0 aromatic heterocycles. The summed E-state index contributed by atoms with van der Waals surface area (Å²) in [7, 11) is 0. The Hall–Kier alpha value is -0.410. The first-order valence-corrected chi connectivity index (χ1v) is 8.00. The van der Waals surface area contributed by atoms with Gasteiger partial charge in [0.1, 0.15) is 5.78 Å². The molecule has 2 fully saturated rings. The van der Waals surface area contributed by atoms with E-state index < -0.39 is 0 Å². The number of carbonyl (C=O) groups excluding carboxylic acids is 1. The van der Waals surface area contributed by atoms with E-state index in [1.165, 1.54) is 6.42 Å². The summed E-state index contributed by atoms with van der Waals surface area (Å²) in [5.74, 6) is 2.16. The molecule has 0 amide bonds. The predicted octanol–water partition coefficient (Wildman–Crippen LogP) is 2.79. The van der Waals surface area contributed by atoms with Crippen molar-refractivity contribution < 1.29 is 9.53 Å². The number of carbonyl (C=O) groups is 1. The fourth-order valence-electron chi connectivity index (χ4n) is 3.70. The van der Waals surface area contributed by atoms with Crippen LogP contribution >= 0.6 is 0 Å². The molecule has 0 radical (unpaired) electrons. The van der Waals surface area contributed by atoms with Crippen LogP contribution in [0.25, 0.3) is 0 Å². The summed E-state index contributed by atoms with van der Waals surface area (Å²) >= 11 is 0. The van der Waals surface area contributed by atoms with Crippen LogP contribution in [0.15, 0.2) is 0 Å². The van der Waals surface area contributed by atoms with Crippen molar-refractivity contribution in [2.45, 2.75) is 58.5 Å². The second-order valence-electron chi connectivity index (χ2n) is 6.65. The molecule has 2 rings (SSSR count). The van der Waals surface area contributed by atoms with Gasteiger partial charge >= 0.3 is 0 Å². The lowest BCUT2D eigenvalue weighted by atomic mass is 9.74. The Bertz CT molecular complexity index is 276. The SMILES string of the molecule is CC1CC(C)CC(C(=O)CCOC2CCNCC2)C1. The first-order chi connectivity index (χ1) is 9.15. The molecular weight excluding hydrogens is 238 g/mol. The molecule has 2 aliphatic rings. The summed E-state index contributed by atoms with van der Waals surface area (Å²) in [6.45, 7) is 7.29. The minimum Gasteiger partial charge on any atom is -0.378 e. The van der Waals surface area contributed by atoms with Gasteiger partial charge in [-0.3, -0.25) is 4.79 Å². The molecule has 0 spiro atoms. The summed E-state index contributed by atoms with van der Waals surface area (Å²) < 4.78 is 5.84. The molecule has 1 aliphatic carbocycles. The first kappa shape index (κ1) is 15.0. The lowest BCUT2D eigenvalue weighted by Gasteiger charge is -2.30. The van der Waals surface area contributed by atoms with E-state index in [1.807, 2.05) is 0 Å². The van der Waals surface area contributed by atoms with E-state index in [1.54, 1.807) is 0 Å². The highest BCUT2D eigenvalue weighted by Gasteiger charge is 2.28.